The van der Waals surface area contributed by atoms with Crippen LogP contribution in [-0.2, 0) is 9.53 Å². The largest absolute Gasteiger partial charge is 0.503 e. The van der Waals surface area contributed by atoms with Crippen LogP contribution in [0.25, 0.3) is 6.08 Å². The van der Waals surface area contributed by atoms with Crippen LogP contribution in [0, 0.1) is 11.3 Å². The molecule has 1 rings (SSSR count). The molecule has 7 heteroatoms. The predicted molar refractivity (Wildman–Crippen MR) is 90.1 cm³/mol. The van der Waals surface area contributed by atoms with Crippen molar-refractivity contribution in [2.45, 2.75) is 13.3 Å². The second-order valence-corrected chi connectivity index (χ2v) is 5.38. The molecule has 0 saturated carbocycles. The number of ether oxygens (including phenoxy) is 2. The highest BCUT2D eigenvalue weighted by atomic mass is 79.9. The molecule has 1 amide bonds. The zero-order chi connectivity index (χ0) is 17.2. The van der Waals surface area contributed by atoms with Crippen LogP contribution in [0.1, 0.15) is 18.9 Å². The van der Waals surface area contributed by atoms with Crippen molar-refractivity contribution >= 4 is 27.9 Å². The molecule has 0 saturated heterocycles. The van der Waals surface area contributed by atoms with E-state index in [1.54, 1.807) is 12.1 Å². The van der Waals surface area contributed by atoms with E-state index in [4.69, 9.17) is 14.7 Å². The highest BCUT2D eigenvalue weighted by Gasteiger charge is 2.11. The Kier molecular flexibility index (Phi) is 8.16. The van der Waals surface area contributed by atoms with Gasteiger partial charge in [-0.2, -0.15) is 5.26 Å². The van der Waals surface area contributed by atoms with E-state index in [0.717, 1.165) is 0 Å². The highest BCUT2D eigenvalue weighted by molar-refractivity contribution is 9.10. The van der Waals surface area contributed by atoms with Gasteiger partial charge in [0.1, 0.15) is 11.6 Å². The van der Waals surface area contributed by atoms with Crippen molar-refractivity contribution < 1.29 is 19.4 Å². The Labute approximate surface area is 143 Å². The third kappa shape index (κ3) is 5.93. The van der Waals surface area contributed by atoms with E-state index in [0.29, 0.717) is 36.2 Å². The summed E-state index contributed by atoms with van der Waals surface area (Å²) in [6.07, 6.45) is 2.11. The van der Waals surface area contributed by atoms with Crippen molar-refractivity contribution in [3.05, 3.63) is 27.7 Å². The van der Waals surface area contributed by atoms with Crippen molar-refractivity contribution in [1.29, 1.82) is 5.26 Å². The van der Waals surface area contributed by atoms with Crippen LogP contribution in [0.4, 0.5) is 0 Å². The zero-order valence-electron chi connectivity index (χ0n) is 13.1. The van der Waals surface area contributed by atoms with Gasteiger partial charge in [-0.1, -0.05) is 0 Å². The van der Waals surface area contributed by atoms with Gasteiger partial charge in [0.25, 0.3) is 5.91 Å². The fourth-order valence-corrected chi connectivity index (χ4v) is 2.22. The van der Waals surface area contributed by atoms with Gasteiger partial charge in [-0.3, -0.25) is 4.79 Å². The monoisotopic (exact) mass is 382 g/mol. The van der Waals surface area contributed by atoms with Gasteiger partial charge >= 0.3 is 0 Å². The number of benzene rings is 1. The lowest BCUT2D eigenvalue weighted by Crippen LogP contribution is -2.26. The van der Waals surface area contributed by atoms with Gasteiger partial charge in [0.15, 0.2) is 11.5 Å². The van der Waals surface area contributed by atoms with Gasteiger partial charge in [0.05, 0.1) is 11.6 Å². The molecule has 6 nitrogen and oxygen atoms in total. The van der Waals surface area contributed by atoms with Crippen LogP contribution in [0.5, 0.6) is 11.5 Å². The minimum Gasteiger partial charge on any atom is -0.503 e. The summed E-state index contributed by atoms with van der Waals surface area (Å²) in [7, 11) is 1.42. The van der Waals surface area contributed by atoms with Crippen molar-refractivity contribution in [3.63, 3.8) is 0 Å². The molecule has 0 radical (unpaired) electrons. The standard InChI is InChI=1S/C16H19BrN2O4/c1-3-23-6-4-5-19-16(21)12(10-18)7-11-8-13(17)15(20)14(9-11)22-2/h7-9,20H,3-6H2,1-2H3,(H,19,21)/b12-7-. The maximum atomic E-state index is 12.0. The fraction of sp³-hybridized carbons (Fsp3) is 0.375. The number of halogens is 1. The van der Waals surface area contributed by atoms with E-state index < -0.39 is 5.91 Å². The maximum absolute atomic E-state index is 12.0. The number of nitrogens with one attached hydrogen (secondary N) is 1. The predicted octanol–water partition coefficient (Wildman–Crippen LogP) is 2.61. The summed E-state index contributed by atoms with van der Waals surface area (Å²) in [5.74, 6) is -0.240. The van der Waals surface area contributed by atoms with E-state index in [1.807, 2.05) is 13.0 Å². The van der Waals surface area contributed by atoms with Gasteiger partial charge < -0.3 is 19.9 Å². The third-order valence-corrected chi connectivity index (χ3v) is 3.51. The first-order valence-corrected chi connectivity index (χ1v) is 7.87. The molecule has 1 aromatic rings. The van der Waals surface area contributed by atoms with E-state index in [-0.39, 0.29) is 17.1 Å². The van der Waals surface area contributed by atoms with Crippen LogP contribution < -0.4 is 10.1 Å². The van der Waals surface area contributed by atoms with E-state index in [1.165, 1.54) is 13.2 Å². The Bertz CT molecular complexity index is 623. The molecule has 0 unspecified atom stereocenters. The molecule has 0 aromatic heterocycles. The number of amides is 1. The van der Waals surface area contributed by atoms with Crippen molar-refractivity contribution in [2.75, 3.05) is 26.9 Å². The number of carbonyl (C=O) groups excluding carboxylic acids is 1. The number of phenolic OH excluding ortho intramolecular Hbond substituents is 1. The lowest BCUT2D eigenvalue weighted by molar-refractivity contribution is -0.117. The van der Waals surface area contributed by atoms with Crippen LogP contribution in [0.3, 0.4) is 0 Å². The van der Waals surface area contributed by atoms with E-state index >= 15 is 0 Å². The Hall–Kier alpha value is -2.04. The molecule has 0 heterocycles. The molecule has 23 heavy (non-hydrogen) atoms. The van der Waals surface area contributed by atoms with Gasteiger partial charge in [0, 0.05) is 19.8 Å². The first-order chi connectivity index (χ1) is 11.0. The number of rotatable bonds is 8. The average molecular weight is 383 g/mol. The number of nitrogens with zero attached hydrogens (tertiary/aromatic N) is 1. The quantitative estimate of drug-likeness (QED) is 0.409. The number of carbonyl (C=O) groups is 1. The van der Waals surface area contributed by atoms with Gasteiger partial charge in [-0.05, 0) is 53.0 Å². The number of hydrogen-bond donors (Lipinski definition) is 2. The summed E-state index contributed by atoms with van der Waals surface area (Å²) in [6, 6.07) is 5.01. The summed E-state index contributed by atoms with van der Waals surface area (Å²) in [4.78, 5) is 12.0. The van der Waals surface area contributed by atoms with E-state index in [2.05, 4.69) is 21.2 Å². The molecule has 124 valence electrons. The van der Waals surface area contributed by atoms with Crippen molar-refractivity contribution in [1.82, 2.24) is 5.32 Å². The van der Waals surface area contributed by atoms with Gasteiger partial charge in [-0.25, -0.2) is 0 Å². The average Bonchev–Trinajstić information content (AvgIpc) is 2.55. The molecule has 0 aliphatic heterocycles. The van der Waals surface area contributed by atoms with Gasteiger partial charge in [0.2, 0.25) is 0 Å². The maximum Gasteiger partial charge on any atom is 0.261 e. The Morgan fingerprint density at radius 2 is 2.26 bits per heavy atom. The smallest absolute Gasteiger partial charge is 0.261 e. The number of phenols is 1. The lowest BCUT2D eigenvalue weighted by atomic mass is 10.1. The molecule has 1 aromatic carbocycles. The summed E-state index contributed by atoms with van der Waals surface area (Å²) < 4.78 is 10.6. The molecular formula is C16H19BrN2O4. The number of hydrogen-bond acceptors (Lipinski definition) is 5. The minimum absolute atomic E-state index is 0.0268. The SMILES string of the molecule is CCOCCCNC(=O)/C(C#N)=C\c1cc(Br)c(O)c(OC)c1. The topological polar surface area (TPSA) is 91.6 Å². The summed E-state index contributed by atoms with van der Waals surface area (Å²) in [5.41, 5.74) is 0.536. The second-order valence-electron chi connectivity index (χ2n) is 4.53. The molecule has 0 aliphatic rings. The van der Waals surface area contributed by atoms with Crippen LogP contribution in [-0.4, -0.2) is 37.9 Å². The highest BCUT2D eigenvalue weighted by Crippen LogP contribution is 2.35. The molecule has 0 spiro atoms. The summed E-state index contributed by atoms with van der Waals surface area (Å²) >= 11 is 3.20. The van der Waals surface area contributed by atoms with Crippen LogP contribution >= 0.6 is 15.9 Å². The van der Waals surface area contributed by atoms with Gasteiger partial charge in [-0.15, -0.1) is 0 Å². The van der Waals surface area contributed by atoms with Crippen LogP contribution in [0.2, 0.25) is 0 Å². The van der Waals surface area contributed by atoms with Crippen molar-refractivity contribution in [3.8, 4) is 17.6 Å². The number of aromatic hydroxyl groups is 1. The molecule has 0 aliphatic carbocycles. The normalized spacial score (nSPS) is 11.0. The zero-order valence-corrected chi connectivity index (χ0v) is 14.6. The molecule has 0 atom stereocenters. The molecular weight excluding hydrogens is 364 g/mol. The Morgan fingerprint density at radius 3 is 2.87 bits per heavy atom. The first-order valence-electron chi connectivity index (χ1n) is 7.07. The molecule has 2 N–H and O–H groups in total. The third-order valence-electron chi connectivity index (χ3n) is 2.90. The van der Waals surface area contributed by atoms with E-state index in [9.17, 15) is 9.90 Å². The van der Waals surface area contributed by atoms with Crippen LogP contribution in [0.15, 0.2) is 22.2 Å². The first kappa shape index (κ1) is 19.0. The Balaban J connectivity index is 2.81. The number of methoxy groups -OCH3 is 1. The summed E-state index contributed by atoms with van der Waals surface area (Å²) in [6.45, 7) is 3.53. The molecule has 0 bridgehead atoms. The van der Waals surface area contributed by atoms with Crippen molar-refractivity contribution in [2.24, 2.45) is 0 Å². The molecule has 0 fully saturated rings. The Morgan fingerprint density at radius 1 is 1.52 bits per heavy atom. The second kappa shape index (κ2) is 9.87. The summed E-state index contributed by atoms with van der Waals surface area (Å²) in [5, 5.41) is 21.6. The lowest BCUT2D eigenvalue weighted by Gasteiger charge is -2.07. The number of nitriles is 1. The fourth-order valence-electron chi connectivity index (χ4n) is 1.76. The minimum atomic E-state index is -0.452.